The van der Waals surface area contributed by atoms with E-state index in [0.717, 1.165) is 0 Å². The molecule has 3 N–H and O–H groups in total. The zero-order valence-electron chi connectivity index (χ0n) is 16.7. The van der Waals surface area contributed by atoms with Crippen LogP contribution in [-0.2, 0) is 16.1 Å². The van der Waals surface area contributed by atoms with Crippen molar-refractivity contribution < 1.29 is 19.4 Å². The zero-order valence-corrected chi connectivity index (χ0v) is 16.7. The van der Waals surface area contributed by atoms with Gasteiger partial charge in [0.05, 0.1) is 18.1 Å². The van der Waals surface area contributed by atoms with Crippen molar-refractivity contribution in [1.29, 1.82) is 0 Å². The largest absolute Gasteiger partial charge is 0.506 e. The summed E-state index contributed by atoms with van der Waals surface area (Å²) in [6.07, 6.45) is 0. The van der Waals surface area contributed by atoms with Gasteiger partial charge in [-0.25, -0.2) is 4.79 Å². The predicted octanol–water partition coefficient (Wildman–Crippen LogP) is 2.74. The number of hydrogen-bond acceptors (Lipinski definition) is 7. The molecule has 30 heavy (non-hydrogen) atoms. The number of benzene rings is 2. The van der Waals surface area contributed by atoms with Gasteiger partial charge in [0.2, 0.25) is 6.04 Å². The predicted molar refractivity (Wildman–Crippen MR) is 111 cm³/mol. The second-order valence-electron chi connectivity index (χ2n) is 6.48. The minimum atomic E-state index is -1.40. The summed E-state index contributed by atoms with van der Waals surface area (Å²) < 4.78 is 6.51. The average Bonchev–Trinajstić information content (AvgIpc) is 3.02. The number of azo groups is 1. The third-order valence-corrected chi connectivity index (χ3v) is 4.46. The van der Waals surface area contributed by atoms with Gasteiger partial charge >= 0.3 is 5.69 Å². The molecule has 0 saturated carbocycles. The van der Waals surface area contributed by atoms with Gasteiger partial charge in [0.15, 0.2) is 5.78 Å². The van der Waals surface area contributed by atoms with E-state index < -0.39 is 17.7 Å². The number of imidazole rings is 1. The SMILES string of the molecule is CCn1c(=O)[nH]c2cc(N=NC(C(C)=O)C(=O)Nc3ccc(OC)cc3)c(O)cc21. The van der Waals surface area contributed by atoms with E-state index in [0.29, 0.717) is 29.0 Å². The number of methoxy groups -OCH3 is 1. The van der Waals surface area contributed by atoms with Crippen LogP contribution >= 0.6 is 0 Å². The number of aromatic nitrogens is 2. The van der Waals surface area contributed by atoms with Crippen molar-refractivity contribution in [2.75, 3.05) is 12.4 Å². The lowest BCUT2D eigenvalue weighted by Crippen LogP contribution is -2.31. The van der Waals surface area contributed by atoms with E-state index in [-0.39, 0.29) is 17.1 Å². The number of aromatic amines is 1. The van der Waals surface area contributed by atoms with Gasteiger partial charge in [-0.3, -0.25) is 14.2 Å². The fourth-order valence-corrected chi connectivity index (χ4v) is 2.90. The number of Topliss-reactive ketones (excluding diaryl/α,β-unsaturated/α-hetero) is 1. The fraction of sp³-hybridized carbons (Fsp3) is 0.250. The number of rotatable bonds is 7. The van der Waals surface area contributed by atoms with Crippen LogP contribution in [0, 0.1) is 0 Å². The Morgan fingerprint density at radius 3 is 2.57 bits per heavy atom. The summed E-state index contributed by atoms with van der Waals surface area (Å²) in [5, 5.41) is 20.5. The molecule has 1 unspecified atom stereocenters. The number of carbonyl (C=O) groups is 2. The van der Waals surface area contributed by atoms with Crippen LogP contribution < -0.4 is 15.7 Å². The lowest BCUT2D eigenvalue weighted by Gasteiger charge is -2.10. The number of ether oxygens (including phenoxy) is 1. The standard InChI is InChI=1S/C20H21N5O5/c1-4-25-16-10-17(27)15(9-14(16)22-20(25)29)23-24-18(11(2)26)19(28)21-12-5-7-13(30-3)8-6-12/h5-10,18,27H,4H2,1-3H3,(H,21,28)(H,22,29). The van der Waals surface area contributed by atoms with E-state index in [1.165, 1.54) is 30.7 Å². The number of fused-ring (bicyclic) bond motifs is 1. The van der Waals surface area contributed by atoms with Crippen molar-refractivity contribution in [2.24, 2.45) is 10.2 Å². The quantitative estimate of drug-likeness (QED) is 0.405. The normalized spacial score (nSPS) is 12.2. The lowest BCUT2D eigenvalue weighted by atomic mass is 10.2. The third-order valence-electron chi connectivity index (χ3n) is 4.46. The minimum Gasteiger partial charge on any atom is -0.506 e. The maximum Gasteiger partial charge on any atom is 0.326 e. The Bertz CT molecular complexity index is 1180. The molecule has 1 atom stereocenters. The van der Waals surface area contributed by atoms with Crippen LogP contribution in [0.1, 0.15) is 13.8 Å². The summed E-state index contributed by atoms with van der Waals surface area (Å²) >= 11 is 0. The molecule has 1 amide bonds. The van der Waals surface area contributed by atoms with E-state index in [4.69, 9.17) is 4.74 Å². The highest BCUT2D eigenvalue weighted by atomic mass is 16.5. The summed E-state index contributed by atoms with van der Waals surface area (Å²) in [6.45, 7) is 3.45. The number of ketones is 1. The van der Waals surface area contributed by atoms with Crippen LogP contribution in [0.2, 0.25) is 0 Å². The molecule has 0 spiro atoms. The van der Waals surface area contributed by atoms with Crippen molar-refractivity contribution in [3.05, 3.63) is 46.9 Å². The highest BCUT2D eigenvalue weighted by Gasteiger charge is 2.23. The number of phenolic OH excluding ortho intramolecular Hbond substituents is 1. The first-order valence-electron chi connectivity index (χ1n) is 9.15. The Morgan fingerprint density at radius 2 is 1.97 bits per heavy atom. The third kappa shape index (κ3) is 4.22. The number of aromatic hydroxyl groups is 1. The number of amides is 1. The van der Waals surface area contributed by atoms with Crippen LogP contribution in [0.25, 0.3) is 11.0 Å². The molecule has 0 aliphatic heterocycles. The van der Waals surface area contributed by atoms with Gasteiger partial charge in [-0.05, 0) is 44.2 Å². The summed E-state index contributed by atoms with van der Waals surface area (Å²) in [5.74, 6) is -0.791. The van der Waals surface area contributed by atoms with Crippen LogP contribution in [0.15, 0.2) is 51.4 Å². The van der Waals surface area contributed by atoms with Gasteiger partial charge in [0.25, 0.3) is 5.91 Å². The van der Waals surface area contributed by atoms with Crippen LogP contribution in [0.5, 0.6) is 11.5 Å². The first-order chi connectivity index (χ1) is 14.3. The second-order valence-corrected chi connectivity index (χ2v) is 6.48. The second kappa shape index (κ2) is 8.60. The average molecular weight is 411 g/mol. The number of anilines is 1. The monoisotopic (exact) mass is 411 g/mol. The summed E-state index contributed by atoms with van der Waals surface area (Å²) in [4.78, 5) is 39.0. The Hall–Kier alpha value is -3.95. The van der Waals surface area contributed by atoms with Crippen molar-refractivity contribution in [2.45, 2.75) is 26.4 Å². The molecule has 3 aromatic rings. The topological polar surface area (TPSA) is 138 Å². The zero-order chi connectivity index (χ0) is 21.8. The van der Waals surface area contributed by atoms with E-state index >= 15 is 0 Å². The Balaban J connectivity index is 1.85. The molecular formula is C20H21N5O5. The number of nitrogens with one attached hydrogen (secondary N) is 2. The lowest BCUT2D eigenvalue weighted by molar-refractivity contribution is -0.126. The van der Waals surface area contributed by atoms with Gasteiger partial charge in [-0.15, -0.1) is 0 Å². The maximum atomic E-state index is 12.5. The molecule has 2 aromatic carbocycles. The molecule has 1 aromatic heterocycles. The maximum absolute atomic E-state index is 12.5. The fourth-order valence-electron chi connectivity index (χ4n) is 2.90. The van der Waals surface area contributed by atoms with Gasteiger partial charge in [-0.1, -0.05) is 0 Å². The molecular weight excluding hydrogens is 390 g/mol. The van der Waals surface area contributed by atoms with Gasteiger partial charge in [0.1, 0.15) is 17.2 Å². The van der Waals surface area contributed by atoms with Gasteiger partial charge in [0, 0.05) is 18.3 Å². The number of carbonyl (C=O) groups excluding carboxylic acids is 2. The summed E-state index contributed by atoms with van der Waals surface area (Å²) in [7, 11) is 1.53. The first kappa shape index (κ1) is 20.8. The van der Waals surface area contributed by atoms with E-state index in [2.05, 4.69) is 20.5 Å². The Labute approximate surface area is 171 Å². The van der Waals surface area contributed by atoms with Crippen molar-refractivity contribution in [3.8, 4) is 11.5 Å². The van der Waals surface area contributed by atoms with Crippen LogP contribution in [0.4, 0.5) is 11.4 Å². The number of H-pyrrole nitrogens is 1. The molecule has 156 valence electrons. The smallest absolute Gasteiger partial charge is 0.326 e. The van der Waals surface area contributed by atoms with Crippen LogP contribution in [0.3, 0.4) is 0 Å². The van der Waals surface area contributed by atoms with Gasteiger partial charge in [-0.2, -0.15) is 10.2 Å². The number of hydrogen-bond donors (Lipinski definition) is 3. The number of nitrogens with zero attached hydrogens (tertiary/aromatic N) is 3. The molecule has 0 aliphatic carbocycles. The molecule has 3 rings (SSSR count). The Morgan fingerprint density at radius 1 is 1.27 bits per heavy atom. The first-order valence-corrected chi connectivity index (χ1v) is 9.15. The molecule has 0 saturated heterocycles. The molecule has 1 heterocycles. The van der Waals surface area contributed by atoms with E-state index in [1.807, 2.05) is 0 Å². The molecule has 0 fully saturated rings. The molecule has 10 heteroatoms. The van der Waals surface area contributed by atoms with Crippen molar-refractivity contribution in [3.63, 3.8) is 0 Å². The summed E-state index contributed by atoms with van der Waals surface area (Å²) in [6, 6.07) is 7.98. The highest BCUT2D eigenvalue weighted by Crippen LogP contribution is 2.31. The highest BCUT2D eigenvalue weighted by molar-refractivity contribution is 6.10. The number of phenols is 1. The van der Waals surface area contributed by atoms with E-state index in [9.17, 15) is 19.5 Å². The van der Waals surface area contributed by atoms with Crippen LogP contribution in [-0.4, -0.2) is 39.5 Å². The molecule has 0 aliphatic rings. The van der Waals surface area contributed by atoms with Crippen molar-refractivity contribution >= 4 is 34.1 Å². The molecule has 0 bridgehead atoms. The molecule has 0 radical (unpaired) electrons. The Kier molecular flexibility index (Phi) is 5.95. The van der Waals surface area contributed by atoms with E-state index in [1.54, 1.807) is 31.2 Å². The summed E-state index contributed by atoms with van der Waals surface area (Å²) in [5.41, 5.74) is 1.14. The minimum absolute atomic E-state index is 0.0236. The van der Waals surface area contributed by atoms with Gasteiger partial charge < -0.3 is 20.1 Å². The molecule has 10 nitrogen and oxygen atoms in total. The van der Waals surface area contributed by atoms with Crippen molar-refractivity contribution in [1.82, 2.24) is 9.55 Å². The number of aryl methyl sites for hydroxylation is 1.